The van der Waals surface area contributed by atoms with Gasteiger partial charge in [0.25, 0.3) is 10.0 Å². The van der Waals surface area contributed by atoms with Gasteiger partial charge < -0.3 is 5.32 Å². The van der Waals surface area contributed by atoms with Gasteiger partial charge in [0.05, 0.1) is 16.6 Å². The van der Waals surface area contributed by atoms with Gasteiger partial charge in [0.2, 0.25) is 5.91 Å². The summed E-state index contributed by atoms with van der Waals surface area (Å²) in [7, 11) is -3.94. The average molecular weight is 515 g/mol. The molecule has 1 amide bonds. The zero-order valence-electron chi connectivity index (χ0n) is 18.4. The van der Waals surface area contributed by atoms with Crippen molar-refractivity contribution in [2.45, 2.75) is 38.1 Å². The highest BCUT2D eigenvalue weighted by Gasteiger charge is 2.27. The van der Waals surface area contributed by atoms with E-state index in [2.05, 4.69) is 28.2 Å². The topological polar surface area (TPSA) is 66.5 Å². The van der Waals surface area contributed by atoms with E-state index in [9.17, 15) is 13.2 Å². The molecule has 3 rings (SSSR count). The number of nitrogens with one attached hydrogen (secondary N) is 1. The van der Waals surface area contributed by atoms with Gasteiger partial charge in [0, 0.05) is 4.47 Å². The minimum absolute atomic E-state index is 0.138. The predicted molar refractivity (Wildman–Crippen MR) is 132 cm³/mol. The van der Waals surface area contributed by atoms with Gasteiger partial charge in [-0.15, -0.1) is 0 Å². The van der Waals surface area contributed by atoms with Crippen LogP contribution in [0.2, 0.25) is 0 Å². The molecule has 0 bridgehead atoms. The van der Waals surface area contributed by atoms with Crippen LogP contribution in [0.1, 0.15) is 36.6 Å². The molecular formula is C25H27BrN2O3S. The first kappa shape index (κ1) is 24.0. The Labute approximate surface area is 198 Å². The second-order valence-electron chi connectivity index (χ2n) is 7.69. The molecule has 0 aliphatic carbocycles. The molecule has 0 aromatic heterocycles. The van der Waals surface area contributed by atoms with E-state index < -0.39 is 10.0 Å². The van der Waals surface area contributed by atoms with Gasteiger partial charge >= 0.3 is 0 Å². The molecule has 0 saturated heterocycles. The van der Waals surface area contributed by atoms with Crippen LogP contribution in [0.5, 0.6) is 0 Å². The molecule has 3 aromatic carbocycles. The second-order valence-corrected chi connectivity index (χ2v) is 10.5. The van der Waals surface area contributed by atoms with E-state index in [1.165, 1.54) is 5.56 Å². The SMILES string of the molecule is CCc1ccc([C@@H](C)NC(=O)CN(c2cccc(Br)c2)S(=O)(=O)c2ccc(C)cc2)cc1. The van der Waals surface area contributed by atoms with E-state index in [0.29, 0.717) is 5.69 Å². The Morgan fingerprint density at radius 3 is 2.28 bits per heavy atom. The van der Waals surface area contributed by atoms with Crippen molar-refractivity contribution in [3.05, 3.63) is 94.0 Å². The fraction of sp³-hybridized carbons (Fsp3) is 0.240. The summed E-state index contributed by atoms with van der Waals surface area (Å²) in [6.45, 7) is 5.54. The lowest BCUT2D eigenvalue weighted by molar-refractivity contribution is -0.120. The van der Waals surface area contributed by atoms with Crippen LogP contribution in [0, 0.1) is 6.92 Å². The number of benzene rings is 3. The molecular weight excluding hydrogens is 488 g/mol. The Morgan fingerprint density at radius 2 is 1.69 bits per heavy atom. The van der Waals surface area contributed by atoms with Crippen molar-refractivity contribution in [2.24, 2.45) is 0 Å². The molecule has 0 spiro atoms. The molecule has 0 aliphatic heterocycles. The average Bonchev–Trinajstić information content (AvgIpc) is 2.77. The third-order valence-corrected chi connectivity index (χ3v) is 7.54. The quantitative estimate of drug-likeness (QED) is 0.438. The number of anilines is 1. The lowest BCUT2D eigenvalue weighted by atomic mass is 10.1. The van der Waals surface area contributed by atoms with E-state index in [1.54, 1.807) is 42.5 Å². The molecule has 0 fully saturated rings. The van der Waals surface area contributed by atoms with Crippen molar-refractivity contribution < 1.29 is 13.2 Å². The molecule has 1 N–H and O–H groups in total. The van der Waals surface area contributed by atoms with Crippen molar-refractivity contribution in [1.29, 1.82) is 0 Å². The van der Waals surface area contributed by atoms with Gasteiger partial charge in [-0.25, -0.2) is 8.42 Å². The Balaban J connectivity index is 1.86. The summed E-state index contributed by atoms with van der Waals surface area (Å²) in [5.74, 6) is -0.382. The molecule has 7 heteroatoms. The number of rotatable bonds is 8. The first-order chi connectivity index (χ1) is 15.2. The normalized spacial score (nSPS) is 12.2. The van der Waals surface area contributed by atoms with E-state index in [0.717, 1.165) is 26.3 Å². The standard InChI is InChI=1S/C25H27BrN2O3S/c1-4-20-10-12-21(13-11-20)19(3)27-25(29)17-28(23-7-5-6-22(26)16-23)32(30,31)24-14-8-18(2)9-15-24/h5-16,19H,4,17H2,1-3H3,(H,27,29)/t19-/m1/s1. The van der Waals surface area contributed by atoms with E-state index >= 15 is 0 Å². The summed E-state index contributed by atoms with van der Waals surface area (Å²) >= 11 is 3.39. The minimum atomic E-state index is -3.94. The first-order valence-electron chi connectivity index (χ1n) is 10.4. The maximum Gasteiger partial charge on any atom is 0.264 e. The molecule has 3 aromatic rings. The maximum atomic E-state index is 13.4. The second kappa shape index (κ2) is 10.3. The molecule has 168 valence electrons. The third-order valence-electron chi connectivity index (χ3n) is 5.26. The highest BCUT2D eigenvalue weighted by molar-refractivity contribution is 9.10. The Hall–Kier alpha value is -2.64. The van der Waals surface area contributed by atoms with E-state index in [4.69, 9.17) is 0 Å². The van der Waals surface area contributed by atoms with Crippen molar-refractivity contribution >= 4 is 37.5 Å². The van der Waals surface area contributed by atoms with E-state index in [1.807, 2.05) is 44.2 Å². The number of aryl methyl sites for hydroxylation is 2. The highest BCUT2D eigenvalue weighted by Crippen LogP contribution is 2.26. The third kappa shape index (κ3) is 5.78. The van der Waals surface area contributed by atoms with Crippen LogP contribution in [0.3, 0.4) is 0 Å². The number of amides is 1. The Kier molecular flexibility index (Phi) is 7.74. The number of sulfonamides is 1. The van der Waals surface area contributed by atoms with Crippen LogP contribution in [0.15, 0.2) is 82.2 Å². The Morgan fingerprint density at radius 1 is 1.03 bits per heavy atom. The molecule has 0 heterocycles. The molecule has 32 heavy (non-hydrogen) atoms. The van der Waals surface area contributed by atoms with Crippen molar-refractivity contribution in [1.82, 2.24) is 5.32 Å². The lowest BCUT2D eigenvalue weighted by Gasteiger charge is -2.25. The van der Waals surface area contributed by atoms with Crippen molar-refractivity contribution in [3.8, 4) is 0 Å². The summed E-state index contributed by atoms with van der Waals surface area (Å²) in [6, 6.07) is 21.3. The largest absolute Gasteiger partial charge is 0.348 e. The van der Waals surface area contributed by atoms with Crippen molar-refractivity contribution in [3.63, 3.8) is 0 Å². The Bertz CT molecular complexity index is 1180. The number of hydrogen-bond acceptors (Lipinski definition) is 3. The molecule has 0 radical (unpaired) electrons. The maximum absolute atomic E-state index is 13.4. The van der Waals surface area contributed by atoms with Gasteiger partial charge in [-0.2, -0.15) is 0 Å². The molecule has 0 saturated carbocycles. The summed E-state index contributed by atoms with van der Waals surface area (Å²) in [6.07, 6.45) is 0.944. The van der Waals surface area contributed by atoms with Crippen LogP contribution in [0.4, 0.5) is 5.69 Å². The summed E-state index contributed by atoms with van der Waals surface area (Å²) < 4.78 is 28.8. The number of carbonyl (C=O) groups excluding carboxylic acids is 1. The van der Waals surface area contributed by atoms with Gasteiger partial charge in [0.1, 0.15) is 6.54 Å². The monoisotopic (exact) mass is 514 g/mol. The molecule has 1 atom stereocenters. The van der Waals surface area contributed by atoms with Gasteiger partial charge in [0.15, 0.2) is 0 Å². The number of carbonyl (C=O) groups is 1. The lowest BCUT2D eigenvalue weighted by Crippen LogP contribution is -2.41. The van der Waals surface area contributed by atoms with Gasteiger partial charge in [-0.1, -0.05) is 70.9 Å². The summed E-state index contributed by atoms with van der Waals surface area (Å²) in [4.78, 5) is 13.1. The number of halogens is 1. The molecule has 5 nitrogen and oxygen atoms in total. The van der Waals surface area contributed by atoms with Crippen molar-refractivity contribution in [2.75, 3.05) is 10.8 Å². The number of hydrogen-bond donors (Lipinski definition) is 1. The smallest absolute Gasteiger partial charge is 0.264 e. The van der Waals surface area contributed by atoms with Crippen LogP contribution in [-0.4, -0.2) is 20.9 Å². The van der Waals surface area contributed by atoms with Gasteiger partial charge in [-0.3, -0.25) is 9.10 Å². The zero-order valence-corrected chi connectivity index (χ0v) is 20.8. The first-order valence-corrected chi connectivity index (χ1v) is 12.7. The predicted octanol–water partition coefficient (Wildman–Crippen LogP) is 5.39. The fourth-order valence-electron chi connectivity index (χ4n) is 3.33. The summed E-state index contributed by atoms with van der Waals surface area (Å²) in [5.41, 5.74) is 3.55. The van der Waals surface area contributed by atoms with Crippen LogP contribution in [-0.2, 0) is 21.2 Å². The van der Waals surface area contributed by atoms with E-state index in [-0.39, 0.29) is 23.4 Å². The molecule has 0 unspecified atom stereocenters. The molecule has 0 aliphatic rings. The zero-order chi connectivity index (χ0) is 23.3. The fourth-order valence-corrected chi connectivity index (χ4v) is 5.13. The van der Waals surface area contributed by atoms with Crippen LogP contribution >= 0.6 is 15.9 Å². The van der Waals surface area contributed by atoms with Crippen LogP contribution in [0.25, 0.3) is 0 Å². The van der Waals surface area contributed by atoms with Crippen LogP contribution < -0.4 is 9.62 Å². The van der Waals surface area contributed by atoms with Gasteiger partial charge in [-0.05, 0) is 61.7 Å². The minimum Gasteiger partial charge on any atom is -0.348 e. The summed E-state index contributed by atoms with van der Waals surface area (Å²) in [5, 5.41) is 2.92. The highest BCUT2D eigenvalue weighted by atomic mass is 79.9. The number of nitrogens with zero attached hydrogens (tertiary/aromatic N) is 1.